The van der Waals surface area contributed by atoms with Crippen molar-refractivity contribution >= 4 is 0 Å². The molecule has 0 bridgehead atoms. The van der Waals surface area contributed by atoms with Gasteiger partial charge >= 0.3 is 0 Å². The Kier molecular flexibility index (Phi) is 18.4. The normalized spacial score (nSPS) is 11.4. The van der Waals surface area contributed by atoms with Crippen molar-refractivity contribution in [2.75, 3.05) is 39.9 Å². The third-order valence-corrected chi connectivity index (χ3v) is 4.44. The van der Waals surface area contributed by atoms with E-state index in [9.17, 15) is 0 Å². The van der Waals surface area contributed by atoms with Gasteiger partial charge in [-0.3, -0.25) is 0 Å². The SMILES string of the molecule is CCCCCCCCCCOCC[N+](C)(CC)CC.[I-]. The van der Waals surface area contributed by atoms with Crippen LogP contribution in [0.3, 0.4) is 0 Å². The Bertz CT molecular complexity index is 184. The highest BCUT2D eigenvalue weighted by molar-refractivity contribution is 4.46. The molecule has 0 amide bonds. The third kappa shape index (κ3) is 13.6. The second kappa shape index (κ2) is 16.0. The molecule has 0 aliphatic heterocycles. The molecule has 0 unspecified atom stereocenters. The molecule has 3 heteroatoms. The van der Waals surface area contributed by atoms with E-state index in [1.165, 1.54) is 64.5 Å². The van der Waals surface area contributed by atoms with Crippen molar-refractivity contribution in [2.24, 2.45) is 0 Å². The fraction of sp³-hybridized carbons (Fsp3) is 1.00. The Morgan fingerprint density at radius 2 is 1.20 bits per heavy atom. The molecule has 0 aliphatic rings. The van der Waals surface area contributed by atoms with Crippen molar-refractivity contribution in [1.82, 2.24) is 0 Å². The zero-order valence-corrected chi connectivity index (χ0v) is 16.6. The van der Waals surface area contributed by atoms with Crippen LogP contribution in [0.5, 0.6) is 0 Å². The summed E-state index contributed by atoms with van der Waals surface area (Å²) in [5, 5.41) is 0. The van der Waals surface area contributed by atoms with Crippen LogP contribution >= 0.6 is 0 Å². The number of hydrogen-bond acceptors (Lipinski definition) is 1. The second-order valence-corrected chi connectivity index (χ2v) is 6.06. The molecule has 0 aromatic rings. The summed E-state index contributed by atoms with van der Waals surface area (Å²) in [6, 6.07) is 0. The van der Waals surface area contributed by atoms with Crippen molar-refractivity contribution < 1.29 is 33.2 Å². The predicted molar refractivity (Wildman–Crippen MR) is 85.6 cm³/mol. The molecule has 2 nitrogen and oxygen atoms in total. The molecule has 0 aliphatic carbocycles. The predicted octanol–water partition coefficient (Wildman–Crippen LogP) is 1.63. The van der Waals surface area contributed by atoms with Crippen LogP contribution in [0.15, 0.2) is 0 Å². The minimum atomic E-state index is 0. The maximum absolute atomic E-state index is 5.76. The second-order valence-electron chi connectivity index (χ2n) is 6.06. The zero-order valence-electron chi connectivity index (χ0n) is 14.4. The molecule has 0 spiro atoms. The average Bonchev–Trinajstić information content (AvgIpc) is 2.44. The summed E-state index contributed by atoms with van der Waals surface area (Å²) < 4.78 is 6.90. The Balaban J connectivity index is 0. The number of halogens is 1. The lowest BCUT2D eigenvalue weighted by atomic mass is 10.1. The number of hydrogen-bond donors (Lipinski definition) is 0. The first-order valence-corrected chi connectivity index (χ1v) is 8.59. The molecule has 0 saturated heterocycles. The van der Waals surface area contributed by atoms with Crippen molar-refractivity contribution in [3.05, 3.63) is 0 Å². The molecule has 0 atom stereocenters. The van der Waals surface area contributed by atoms with Gasteiger partial charge in [0, 0.05) is 6.61 Å². The highest BCUT2D eigenvalue weighted by atomic mass is 127. The van der Waals surface area contributed by atoms with Crippen molar-refractivity contribution in [3.8, 4) is 0 Å². The van der Waals surface area contributed by atoms with Gasteiger partial charge in [0.05, 0.1) is 26.7 Å². The lowest BCUT2D eigenvalue weighted by Gasteiger charge is -2.31. The van der Waals surface area contributed by atoms with Gasteiger partial charge in [0.25, 0.3) is 0 Å². The topological polar surface area (TPSA) is 9.23 Å². The van der Waals surface area contributed by atoms with Gasteiger partial charge in [0.2, 0.25) is 0 Å². The molecular formula is C17H38INO. The van der Waals surface area contributed by atoms with E-state index < -0.39 is 0 Å². The molecule has 0 radical (unpaired) electrons. The van der Waals surface area contributed by atoms with Gasteiger partial charge in [-0.25, -0.2) is 0 Å². The van der Waals surface area contributed by atoms with Gasteiger partial charge in [0.1, 0.15) is 6.54 Å². The van der Waals surface area contributed by atoms with E-state index in [0.29, 0.717) is 0 Å². The highest BCUT2D eigenvalue weighted by Gasteiger charge is 2.15. The average molecular weight is 399 g/mol. The van der Waals surface area contributed by atoms with Gasteiger partial charge in [-0.1, -0.05) is 51.9 Å². The van der Waals surface area contributed by atoms with Crippen LogP contribution < -0.4 is 24.0 Å². The maximum Gasteiger partial charge on any atom is 0.102 e. The summed E-state index contributed by atoms with van der Waals surface area (Å²) in [5.74, 6) is 0. The molecule has 0 fully saturated rings. The van der Waals surface area contributed by atoms with Crippen LogP contribution in [0.25, 0.3) is 0 Å². The smallest absolute Gasteiger partial charge is 0.102 e. The van der Waals surface area contributed by atoms with Gasteiger partial charge in [0.15, 0.2) is 0 Å². The lowest BCUT2D eigenvalue weighted by molar-refractivity contribution is -0.906. The van der Waals surface area contributed by atoms with Crippen LogP contribution in [0.1, 0.15) is 72.1 Å². The van der Waals surface area contributed by atoms with Crippen LogP contribution in [0.2, 0.25) is 0 Å². The Hall–Kier alpha value is 0.650. The molecule has 0 N–H and O–H groups in total. The molecule has 124 valence electrons. The Morgan fingerprint density at radius 1 is 0.700 bits per heavy atom. The number of nitrogens with zero attached hydrogens (tertiary/aromatic N) is 1. The van der Waals surface area contributed by atoms with Crippen LogP contribution in [-0.2, 0) is 4.74 Å². The van der Waals surface area contributed by atoms with E-state index in [2.05, 4.69) is 27.8 Å². The third-order valence-electron chi connectivity index (χ3n) is 4.44. The molecule has 0 heterocycles. The van der Waals surface area contributed by atoms with Crippen molar-refractivity contribution in [1.29, 1.82) is 0 Å². The van der Waals surface area contributed by atoms with Gasteiger partial charge in [-0.05, 0) is 20.3 Å². The fourth-order valence-corrected chi connectivity index (χ4v) is 2.26. The first-order valence-electron chi connectivity index (χ1n) is 8.59. The van der Waals surface area contributed by atoms with E-state index in [-0.39, 0.29) is 24.0 Å². The van der Waals surface area contributed by atoms with Gasteiger partial charge in [-0.2, -0.15) is 0 Å². The Morgan fingerprint density at radius 3 is 1.70 bits per heavy atom. The molecular weight excluding hydrogens is 361 g/mol. The summed E-state index contributed by atoms with van der Waals surface area (Å²) in [7, 11) is 2.32. The number of ether oxygens (including phenoxy) is 1. The number of likely N-dealkylation sites (N-methyl/N-ethyl adjacent to an activating group) is 1. The molecule has 20 heavy (non-hydrogen) atoms. The van der Waals surface area contributed by atoms with Gasteiger partial charge in [-0.15, -0.1) is 0 Å². The maximum atomic E-state index is 5.76. The first kappa shape index (κ1) is 22.9. The monoisotopic (exact) mass is 399 g/mol. The highest BCUT2D eigenvalue weighted by Crippen LogP contribution is 2.08. The minimum Gasteiger partial charge on any atom is -1.00 e. The Labute approximate surface area is 145 Å². The molecule has 0 aromatic carbocycles. The lowest BCUT2D eigenvalue weighted by Crippen LogP contribution is -3.00. The van der Waals surface area contributed by atoms with Crippen LogP contribution in [0, 0.1) is 0 Å². The van der Waals surface area contributed by atoms with Crippen LogP contribution in [0.4, 0.5) is 0 Å². The quantitative estimate of drug-likeness (QED) is 0.245. The van der Waals surface area contributed by atoms with E-state index >= 15 is 0 Å². The molecule has 0 aromatic heterocycles. The van der Waals surface area contributed by atoms with Crippen molar-refractivity contribution in [2.45, 2.75) is 72.1 Å². The van der Waals surface area contributed by atoms with E-state index in [1.807, 2.05) is 0 Å². The van der Waals surface area contributed by atoms with E-state index in [4.69, 9.17) is 4.74 Å². The largest absolute Gasteiger partial charge is 1.00 e. The van der Waals surface area contributed by atoms with Gasteiger partial charge < -0.3 is 33.2 Å². The van der Waals surface area contributed by atoms with Crippen molar-refractivity contribution in [3.63, 3.8) is 0 Å². The minimum absolute atomic E-state index is 0. The molecule has 0 rings (SSSR count). The number of quaternary nitrogens is 1. The summed E-state index contributed by atoms with van der Waals surface area (Å²) in [6.07, 6.45) is 11.0. The summed E-state index contributed by atoms with van der Waals surface area (Å²) in [4.78, 5) is 0. The number of unbranched alkanes of at least 4 members (excludes halogenated alkanes) is 7. The van der Waals surface area contributed by atoms with E-state index in [1.54, 1.807) is 0 Å². The summed E-state index contributed by atoms with van der Waals surface area (Å²) in [5.41, 5.74) is 0. The van der Waals surface area contributed by atoms with E-state index in [0.717, 1.165) is 24.2 Å². The standard InChI is InChI=1S/C17H38NO.HI/c1-5-8-9-10-11-12-13-14-16-19-17-15-18(4,6-2)7-3;/h5-17H2,1-4H3;1H/q+1;/p-1. The molecule has 0 saturated carbocycles. The van der Waals surface area contributed by atoms with Crippen LogP contribution in [-0.4, -0.2) is 44.4 Å². The number of rotatable bonds is 14. The summed E-state index contributed by atoms with van der Waals surface area (Å²) >= 11 is 0. The first-order chi connectivity index (χ1) is 9.18. The zero-order chi connectivity index (χ0) is 14.4. The fourth-order valence-electron chi connectivity index (χ4n) is 2.26. The summed E-state index contributed by atoms with van der Waals surface area (Å²) in [6.45, 7) is 12.3.